The molecular formula is C19H39N. The van der Waals surface area contributed by atoms with Gasteiger partial charge in [0.1, 0.15) is 0 Å². The van der Waals surface area contributed by atoms with Gasteiger partial charge in [0, 0.05) is 18.8 Å². The summed E-state index contributed by atoms with van der Waals surface area (Å²) in [7, 11) is 0. The molecule has 1 fully saturated rings. The van der Waals surface area contributed by atoms with Crippen LogP contribution in [0.5, 0.6) is 0 Å². The Bertz CT molecular complexity index is 230. The van der Waals surface area contributed by atoms with Crippen LogP contribution in [0.15, 0.2) is 12.3 Å². The second-order valence-electron chi connectivity index (χ2n) is 6.58. The van der Waals surface area contributed by atoms with Crippen molar-refractivity contribution in [2.75, 3.05) is 13.1 Å². The Labute approximate surface area is 128 Å². The minimum atomic E-state index is 0.676. The predicted octanol–water partition coefficient (Wildman–Crippen LogP) is 6.25. The molecule has 1 rings (SSSR count). The van der Waals surface area contributed by atoms with Crippen molar-refractivity contribution in [3.8, 4) is 0 Å². The van der Waals surface area contributed by atoms with E-state index in [1.54, 1.807) is 0 Å². The fourth-order valence-electron chi connectivity index (χ4n) is 2.78. The van der Waals surface area contributed by atoms with E-state index in [1.807, 2.05) is 0 Å². The van der Waals surface area contributed by atoms with E-state index in [9.17, 15) is 0 Å². The first-order chi connectivity index (χ1) is 9.56. The van der Waals surface area contributed by atoms with Crippen molar-refractivity contribution in [1.82, 2.24) is 4.90 Å². The molecule has 2 unspecified atom stereocenters. The van der Waals surface area contributed by atoms with E-state index in [4.69, 9.17) is 0 Å². The maximum absolute atomic E-state index is 4.22. The molecule has 1 aliphatic heterocycles. The lowest BCUT2D eigenvalue weighted by Crippen LogP contribution is -2.23. The number of rotatable bonds is 8. The molecule has 0 aromatic rings. The Morgan fingerprint density at radius 3 is 2.10 bits per heavy atom. The Hall–Kier alpha value is -0.460. The topological polar surface area (TPSA) is 3.24 Å². The van der Waals surface area contributed by atoms with Crippen molar-refractivity contribution < 1.29 is 0 Å². The number of hydrogen-bond donors (Lipinski definition) is 0. The molecule has 1 heteroatoms. The minimum absolute atomic E-state index is 0.676. The van der Waals surface area contributed by atoms with Gasteiger partial charge in [-0.15, -0.1) is 0 Å². The third-order valence-electron chi connectivity index (χ3n) is 4.33. The van der Waals surface area contributed by atoms with E-state index in [2.05, 4.69) is 46.1 Å². The summed E-state index contributed by atoms with van der Waals surface area (Å²) >= 11 is 0. The van der Waals surface area contributed by atoms with Crippen LogP contribution in [0.1, 0.15) is 86.0 Å². The highest BCUT2D eigenvalue weighted by Gasteiger charge is 2.21. The van der Waals surface area contributed by atoms with E-state index in [0.717, 1.165) is 5.92 Å². The van der Waals surface area contributed by atoms with Gasteiger partial charge in [0.2, 0.25) is 0 Å². The first-order valence-corrected chi connectivity index (χ1v) is 9.00. The zero-order valence-electron chi connectivity index (χ0n) is 14.9. The van der Waals surface area contributed by atoms with Gasteiger partial charge in [-0.2, -0.15) is 0 Å². The highest BCUT2D eigenvalue weighted by molar-refractivity contribution is 5.00. The normalized spacial score (nSPS) is 19.4. The van der Waals surface area contributed by atoms with Crippen LogP contribution in [0, 0.1) is 11.8 Å². The van der Waals surface area contributed by atoms with E-state index < -0.39 is 0 Å². The second-order valence-corrected chi connectivity index (χ2v) is 6.58. The first-order valence-electron chi connectivity index (χ1n) is 9.00. The van der Waals surface area contributed by atoms with Gasteiger partial charge in [0.05, 0.1) is 0 Å². The van der Waals surface area contributed by atoms with Crippen LogP contribution in [0.4, 0.5) is 0 Å². The van der Waals surface area contributed by atoms with E-state index in [-0.39, 0.29) is 0 Å². The summed E-state index contributed by atoms with van der Waals surface area (Å²) < 4.78 is 0. The number of likely N-dealkylation sites (tertiary alicyclic amines) is 1. The van der Waals surface area contributed by atoms with E-state index in [1.165, 1.54) is 70.2 Å². The number of hydrogen-bond acceptors (Lipinski definition) is 1. The van der Waals surface area contributed by atoms with Crippen LogP contribution in [-0.4, -0.2) is 18.0 Å². The Kier molecular flexibility index (Phi) is 12.0. The summed E-state index contributed by atoms with van der Waals surface area (Å²) in [4.78, 5) is 2.48. The molecule has 0 N–H and O–H groups in total. The lowest BCUT2D eigenvalue weighted by atomic mass is 10.0. The maximum atomic E-state index is 4.22. The van der Waals surface area contributed by atoms with Gasteiger partial charge >= 0.3 is 0 Å². The molecular weight excluding hydrogens is 242 g/mol. The summed E-state index contributed by atoms with van der Waals surface area (Å²) in [6.07, 6.45) is 10.9. The number of allylic oxidation sites excluding steroid dienone is 1. The highest BCUT2D eigenvalue weighted by atomic mass is 15.2. The Balaban J connectivity index is 0.000000441. The Morgan fingerprint density at radius 1 is 1.10 bits per heavy atom. The zero-order chi connectivity index (χ0) is 15.4. The van der Waals surface area contributed by atoms with Crippen molar-refractivity contribution in [3.63, 3.8) is 0 Å². The summed E-state index contributed by atoms with van der Waals surface area (Å²) in [6.45, 7) is 18.0. The van der Waals surface area contributed by atoms with Crippen molar-refractivity contribution >= 4 is 0 Å². The summed E-state index contributed by atoms with van der Waals surface area (Å²) in [6, 6.07) is 0. The molecule has 2 atom stereocenters. The largest absolute Gasteiger partial charge is 0.375 e. The Morgan fingerprint density at radius 2 is 1.70 bits per heavy atom. The molecule has 1 saturated heterocycles. The molecule has 1 nitrogen and oxygen atoms in total. The van der Waals surface area contributed by atoms with Gasteiger partial charge in [-0.1, -0.05) is 79.7 Å². The molecule has 0 saturated carbocycles. The van der Waals surface area contributed by atoms with Crippen LogP contribution in [-0.2, 0) is 0 Å². The summed E-state index contributed by atoms with van der Waals surface area (Å²) in [5, 5.41) is 0. The van der Waals surface area contributed by atoms with Crippen LogP contribution in [0.25, 0.3) is 0 Å². The van der Waals surface area contributed by atoms with Gasteiger partial charge < -0.3 is 4.90 Å². The molecule has 1 heterocycles. The van der Waals surface area contributed by atoms with Crippen LogP contribution < -0.4 is 0 Å². The standard InChI is InChI=1S/C12H23N.C7H16/c1-5-6-11(3)12(4)13-8-7-10(2)9-13;1-3-5-7-6-4-2/h10-11H,4-9H2,1-3H3;3-7H2,1-2H3. The van der Waals surface area contributed by atoms with E-state index >= 15 is 0 Å². The maximum Gasteiger partial charge on any atom is 0.0201 e. The number of nitrogens with zero attached hydrogens (tertiary/aromatic N) is 1. The fourth-order valence-corrected chi connectivity index (χ4v) is 2.78. The fraction of sp³-hybridized carbons (Fsp3) is 0.895. The molecule has 0 spiro atoms. The minimum Gasteiger partial charge on any atom is -0.375 e. The van der Waals surface area contributed by atoms with Gasteiger partial charge in [-0.25, -0.2) is 0 Å². The lowest BCUT2D eigenvalue weighted by molar-refractivity contribution is 0.352. The van der Waals surface area contributed by atoms with Gasteiger partial charge in [-0.3, -0.25) is 0 Å². The smallest absolute Gasteiger partial charge is 0.0201 e. The number of unbranched alkanes of at least 4 members (excludes halogenated alkanes) is 4. The third-order valence-corrected chi connectivity index (χ3v) is 4.33. The van der Waals surface area contributed by atoms with Crippen LogP contribution >= 0.6 is 0 Å². The van der Waals surface area contributed by atoms with Crippen molar-refractivity contribution in [2.45, 2.75) is 86.0 Å². The molecule has 20 heavy (non-hydrogen) atoms. The molecule has 0 aromatic carbocycles. The van der Waals surface area contributed by atoms with E-state index in [0.29, 0.717) is 5.92 Å². The van der Waals surface area contributed by atoms with Gasteiger partial charge in [-0.05, 0) is 24.7 Å². The second kappa shape index (κ2) is 12.3. The molecule has 0 aromatic heterocycles. The summed E-state index contributed by atoms with van der Waals surface area (Å²) in [5.41, 5.74) is 1.37. The lowest BCUT2D eigenvalue weighted by Gasteiger charge is -2.25. The molecule has 1 aliphatic rings. The average Bonchev–Trinajstić information content (AvgIpc) is 2.86. The van der Waals surface area contributed by atoms with Crippen LogP contribution in [0.2, 0.25) is 0 Å². The van der Waals surface area contributed by atoms with Crippen molar-refractivity contribution in [3.05, 3.63) is 12.3 Å². The monoisotopic (exact) mass is 281 g/mol. The highest BCUT2D eigenvalue weighted by Crippen LogP contribution is 2.25. The van der Waals surface area contributed by atoms with Gasteiger partial charge in [0.25, 0.3) is 0 Å². The molecule has 0 radical (unpaired) electrons. The van der Waals surface area contributed by atoms with Crippen molar-refractivity contribution in [2.24, 2.45) is 11.8 Å². The first kappa shape index (κ1) is 19.5. The molecule has 0 aliphatic carbocycles. The third kappa shape index (κ3) is 8.66. The molecule has 0 amide bonds. The van der Waals surface area contributed by atoms with Crippen molar-refractivity contribution in [1.29, 1.82) is 0 Å². The molecule has 0 bridgehead atoms. The molecule has 120 valence electrons. The predicted molar refractivity (Wildman–Crippen MR) is 93.0 cm³/mol. The summed E-state index contributed by atoms with van der Waals surface area (Å²) in [5.74, 6) is 1.54. The quantitative estimate of drug-likeness (QED) is 0.475. The van der Waals surface area contributed by atoms with Gasteiger partial charge in [0.15, 0.2) is 0 Å². The zero-order valence-corrected chi connectivity index (χ0v) is 14.9. The average molecular weight is 282 g/mol. The SMILES string of the molecule is C=C(C(C)CCC)N1CCC(C)C1.CCCCCCC. The van der Waals surface area contributed by atoms with Crippen LogP contribution in [0.3, 0.4) is 0 Å².